The van der Waals surface area contributed by atoms with Crippen LogP contribution >= 0.6 is 0 Å². The molecule has 8 heteroatoms. The smallest absolute Gasteiger partial charge is 0.326 e. The number of benzene rings is 1. The number of carboxylic acids is 2. The zero-order chi connectivity index (χ0) is 18.0. The Kier molecular flexibility index (Phi) is 4.87. The third-order valence-corrected chi connectivity index (χ3v) is 3.74. The van der Waals surface area contributed by atoms with E-state index in [1.807, 2.05) is 0 Å². The summed E-state index contributed by atoms with van der Waals surface area (Å²) in [7, 11) is 0. The summed E-state index contributed by atoms with van der Waals surface area (Å²) in [6.07, 6.45) is -1.33. The molecule has 0 bridgehead atoms. The van der Waals surface area contributed by atoms with E-state index in [4.69, 9.17) is 9.84 Å². The highest BCUT2D eigenvalue weighted by Crippen LogP contribution is 2.36. The van der Waals surface area contributed by atoms with Crippen LogP contribution in [-0.4, -0.2) is 46.0 Å². The topological polar surface area (TPSA) is 121 Å². The Labute approximate surface area is 137 Å². The number of nitrogens with zero attached hydrogens (tertiary/aromatic N) is 1. The number of carbonyl (C=O) groups is 4. The number of carboxylic acid groups (broad SMARTS) is 2. The van der Waals surface area contributed by atoms with Gasteiger partial charge < -0.3 is 14.9 Å². The van der Waals surface area contributed by atoms with Crippen molar-refractivity contribution in [2.24, 2.45) is 0 Å². The molecule has 1 aliphatic rings. The largest absolute Gasteiger partial charge is 0.481 e. The van der Waals surface area contributed by atoms with Crippen LogP contribution in [0, 0.1) is 0 Å². The van der Waals surface area contributed by atoms with E-state index in [1.165, 1.54) is 32.0 Å². The summed E-state index contributed by atoms with van der Waals surface area (Å²) >= 11 is 0. The van der Waals surface area contributed by atoms with E-state index >= 15 is 0 Å². The number of ether oxygens (including phenoxy) is 1. The summed E-state index contributed by atoms with van der Waals surface area (Å²) in [4.78, 5) is 47.3. The predicted octanol–water partition coefficient (Wildman–Crippen LogP) is 1.32. The van der Waals surface area contributed by atoms with Gasteiger partial charge in [-0.1, -0.05) is 0 Å². The zero-order valence-electron chi connectivity index (χ0n) is 13.2. The van der Waals surface area contributed by atoms with Crippen molar-refractivity contribution in [3.63, 3.8) is 0 Å². The second kappa shape index (κ2) is 6.69. The number of anilines is 1. The van der Waals surface area contributed by atoms with Gasteiger partial charge in [0.05, 0.1) is 12.1 Å². The van der Waals surface area contributed by atoms with Crippen LogP contribution in [-0.2, 0) is 14.4 Å². The van der Waals surface area contributed by atoms with Crippen molar-refractivity contribution in [2.75, 3.05) is 4.90 Å². The predicted molar refractivity (Wildman–Crippen MR) is 82.3 cm³/mol. The fraction of sp³-hybridized carbons (Fsp3) is 0.375. The molecule has 24 heavy (non-hydrogen) atoms. The van der Waals surface area contributed by atoms with Crippen LogP contribution in [0.1, 0.15) is 37.0 Å². The third-order valence-electron chi connectivity index (χ3n) is 3.74. The molecule has 1 aromatic carbocycles. The fourth-order valence-electron chi connectivity index (χ4n) is 2.41. The fourth-order valence-corrected chi connectivity index (χ4v) is 2.41. The molecular weight excluding hydrogens is 318 g/mol. The van der Waals surface area contributed by atoms with Gasteiger partial charge in [0.1, 0.15) is 11.8 Å². The Morgan fingerprint density at radius 3 is 2.50 bits per heavy atom. The Morgan fingerprint density at radius 1 is 1.25 bits per heavy atom. The molecule has 1 amide bonds. The van der Waals surface area contributed by atoms with Gasteiger partial charge in [-0.25, -0.2) is 4.79 Å². The molecule has 1 aliphatic heterocycles. The molecule has 1 heterocycles. The molecule has 8 nitrogen and oxygen atoms in total. The monoisotopic (exact) mass is 335 g/mol. The number of ketones is 1. The van der Waals surface area contributed by atoms with Gasteiger partial charge in [-0.3, -0.25) is 19.3 Å². The number of carbonyl (C=O) groups excluding carboxylic acids is 2. The molecule has 0 aromatic heterocycles. The Hall–Kier alpha value is -2.90. The van der Waals surface area contributed by atoms with Crippen LogP contribution in [0.2, 0.25) is 0 Å². The lowest BCUT2D eigenvalue weighted by Crippen LogP contribution is -2.51. The molecule has 0 aliphatic carbocycles. The molecule has 0 radical (unpaired) electrons. The van der Waals surface area contributed by atoms with Gasteiger partial charge in [0.25, 0.3) is 5.91 Å². The SMILES string of the molecule is CC1Oc2ccc(C(=O)CCC(=O)O)cc2N(C(C)C(=O)O)C1=O. The standard InChI is InChI=1S/C16H17NO7/c1-8(16(22)23)17-11-7-10(12(18)4-6-14(19)20)3-5-13(11)24-9(2)15(17)21/h3,5,7-9H,4,6H2,1-2H3,(H,19,20)(H,22,23). The van der Waals surface area contributed by atoms with Crippen LogP contribution in [0.4, 0.5) is 5.69 Å². The summed E-state index contributed by atoms with van der Waals surface area (Å²) in [5.74, 6) is -2.91. The highest BCUT2D eigenvalue weighted by Gasteiger charge is 2.37. The van der Waals surface area contributed by atoms with Crippen LogP contribution in [0.15, 0.2) is 18.2 Å². The van der Waals surface area contributed by atoms with Crippen molar-refractivity contribution >= 4 is 29.3 Å². The van der Waals surface area contributed by atoms with Gasteiger partial charge in [0.2, 0.25) is 0 Å². The maximum Gasteiger partial charge on any atom is 0.326 e. The molecule has 0 saturated carbocycles. The molecule has 2 rings (SSSR count). The quantitative estimate of drug-likeness (QED) is 0.752. The van der Waals surface area contributed by atoms with E-state index in [-0.39, 0.29) is 24.1 Å². The molecule has 2 N–H and O–H groups in total. The van der Waals surface area contributed by atoms with Crippen molar-refractivity contribution in [1.29, 1.82) is 0 Å². The summed E-state index contributed by atoms with van der Waals surface area (Å²) in [6, 6.07) is 3.18. The molecular formula is C16H17NO7. The number of hydrogen-bond acceptors (Lipinski definition) is 5. The summed E-state index contributed by atoms with van der Waals surface area (Å²) < 4.78 is 5.45. The normalized spacial score (nSPS) is 17.7. The minimum Gasteiger partial charge on any atom is -0.481 e. The Morgan fingerprint density at radius 2 is 1.92 bits per heavy atom. The second-order valence-corrected chi connectivity index (χ2v) is 5.48. The van der Waals surface area contributed by atoms with Crippen molar-refractivity contribution in [3.05, 3.63) is 23.8 Å². The molecule has 0 saturated heterocycles. The van der Waals surface area contributed by atoms with Crippen LogP contribution in [0.3, 0.4) is 0 Å². The average molecular weight is 335 g/mol. The van der Waals surface area contributed by atoms with Crippen LogP contribution in [0.25, 0.3) is 0 Å². The van der Waals surface area contributed by atoms with Crippen molar-refractivity contribution in [3.8, 4) is 5.75 Å². The summed E-state index contributed by atoms with van der Waals surface area (Å²) in [5, 5.41) is 17.9. The number of Topliss-reactive ketones (excluding diaryl/α,β-unsaturated/α-hetero) is 1. The van der Waals surface area contributed by atoms with E-state index < -0.39 is 35.8 Å². The van der Waals surface area contributed by atoms with Gasteiger partial charge in [-0.05, 0) is 32.0 Å². The first-order valence-corrected chi connectivity index (χ1v) is 7.34. The van der Waals surface area contributed by atoms with Gasteiger partial charge in [0.15, 0.2) is 11.9 Å². The highest BCUT2D eigenvalue weighted by atomic mass is 16.5. The minimum absolute atomic E-state index is 0.187. The van der Waals surface area contributed by atoms with Crippen LogP contribution in [0.5, 0.6) is 5.75 Å². The Balaban J connectivity index is 2.40. The van der Waals surface area contributed by atoms with Crippen molar-refractivity contribution in [2.45, 2.75) is 38.8 Å². The molecule has 0 fully saturated rings. The third kappa shape index (κ3) is 3.37. The number of hydrogen-bond donors (Lipinski definition) is 2. The summed E-state index contributed by atoms with van der Waals surface area (Å²) in [6.45, 7) is 2.87. The van der Waals surface area contributed by atoms with Crippen molar-refractivity contribution < 1.29 is 34.1 Å². The maximum atomic E-state index is 12.3. The average Bonchev–Trinajstić information content (AvgIpc) is 2.52. The number of amides is 1. The molecule has 2 unspecified atom stereocenters. The molecule has 2 atom stereocenters. The zero-order valence-corrected chi connectivity index (χ0v) is 13.2. The van der Waals surface area contributed by atoms with E-state index in [9.17, 15) is 24.3 Å². The first kappa shape index (κ1) is 17.5. The molecule has 128 valence electrons. The lowest BCUT2D eigenvalue weighted by atomic mass is 10.0. The van der Waals surface area contributed by atoms with E-state index in [1.54, 1.807) is 0 Å². The van der Waals surface area contributed by atoms with E-state index in [2.05, 4.69) is 0 Å². The number of fused-ring (bicyclic) bond motifs is 1. The number of rotatable bonds is 6. The lowest BCUT2D eigenvalue weighted by Gasteiger charge is -2.35. The highest BCUT2D eigenvalue weighted by molar-refractivity contribution is 6.06. The van der Waals surface area contributed by atoms with Gasteiger partial charge in [-0.15, -0.1) is 0 Å². The number of aliphatic carboxylic acids is 2. The van der Waals surface area contributed by atoms with Crippen molar-refractivity contribution in [1.82, 2.24) is 0 Å². The maximum absolute atomic E-state index is 12.3. The second-order valence-electron chi connectivity index (χ2n) is 5.48. The van der Waals surface area contributed by atoms with Gasteiger partial charge >= 0.3 is 11.9 Å². The molecule has 1 aromatic rings. The Bertz CT molecular complexity index is 712. The van der Waals surface area contributed by atoms with Gasteiger partial charge in [0, 0.05) is 12.0 Å². The van der Waals surface area contributed by atoms with E-state index in [0.717, 1.165) is 4.90 Å². The minimum atomic E-state index is -1.19. The first-order chi connectivity index (χ1) is 11.2. The van der Waals surface area contributed by atoms with E-state index in [0.29, 0.717) is 5.75 Å². The molecule has 0 spiro atoms. The first-order valence-electron chi connectivity index (χ1n) is 7.34. The van der Waals surface area contributed by atoms with Gasteiger partial charge in [-0.2, -0.15) is 0 Å². The summed E-state index contributed by atoms with van der Waals surface area (Å²) in [5.41, 5.74) is 0.387. The lowest BCUT2D eigenvalue weighted by molar-refractivity contribution is -0.140. The van der Waals surface area contributed by atoms with Crippen LogP contribution < -0.4 is 9.64 Å².